The Kier molecular flexibility index (Phi) is 41.4. The topological polar surface area (TPSA) is 210 Å². The number of unbranched alkanes of at least 4 members (excludes halogenated alkanes) is 23. The second kappa shape index (κ2) is 44.3. The first-order chi connectivity index (χ1) is 33.4. The summed E-state index contributed by atoms with van der Waals surface area (Å²) in [4.78, 5) is 35.9. The SMILES string of the molecule is CC/C=C\C/C=C\C/C=C\C/C=C\CCCCCCCCC(=O)OC(COC(=O)CCCCCCCCCCC/C=C\CCCCCCCCCC)COP(=O)(O)OC1C(O)C(O)C(O)C(O)C1O. The van der Waals surface area contributed by atoms with Gasteiger partial charge in [-0.15, -0.1) is 0 Å². The highest BCUT2D eigenvalue weighted by atomic mass is 31.2. The van der Waals surface area contributed by atoms with E-state index in [9.17, 15) is 44.6 Å². The van der Waals surface area contributed by atoms with Gasteiger partial charge in [-0.3, -0.25) is 18.6 Å². The second-order valence-electron chi connectivity index (χ2n) is 18.7. The van der Waals surface area contributed by atoms with E-state index in [2.05, 4.69) is 74.6 Å². The Labute approximate surface area is 417 Å². The second-order valence-corrected chi connectivity index (χ2v) is 20.1. The van der Waals surface area contributed by atoms with Crippen molar-refractivity contribution in [1.82, 2.24) is 0 Å². The Morgan fingerprint density at radius 1 is 0.464 bits per heavy atom. The zero-order valence-corrected chi connectivity index (χ0v) is 43.7. The number of aliphatic hydroxyl groups is 5. The molecule has 0 spiro atoms. The third-order valence-electron chi connectivity index (χ3n) is 12.3. The molecule has 6 unspecified atom stereocenters. The van der Waals surface area contributed by atoms with Crippen molar-refractivity contribution >= 4 is 19.8 Å². The van der Waals surface area contributed by atoms with Crippen LogP contribution in [0, 0.1) is 0 Å². The number of phosphoric ester groups is 1. The molecule has 0 aromatic rings. The summed E-state index contributed by atoms with van der Waals surface area (Å²) in [5.41, 5.74) is 0. The van der Waals surface area contributed by atoms with Crippen LogP contribution in [0.3, 0.4) is 0 Å². The van der Waals surface area contributed by atoms with Crippen LogP contribution in [0.4, 0.5) is 0 Å². The molecule has 0 saturated heterocycles. The minimum atomic E-state index is -5.13. The number of aliphatic hydroxyl groups excluding tert-OH is 5. The highest BCUT2D eigenvalue weighted by molar-refractivity contribution is 7.47. The highest BCUT2D eigenvalue weighted by Gasteiger charge is 2.51. The number of hydrogen-bond donors (Lipinski definition) is 6. The zero-order chi connectivity index (χ0) is 50.6. The molecule has 1 fully saturated rings. The zero-order valence-electron chi connectivity index (χ0n) is 42.8. The minimum absolute atomic E-state index is 0.0784. The van der Waals surface area contributed by atoms with Gasteiger partial charge in [-0.25, -0.2) is 4.57 Å². The first-order valence-electron chi connectivity index (χ1n) is 27.1. The van der Waals surface area contributed by atoms with Crippen molar-refractivity contribution in [2.75, 3.05) is 13.2 Å². The van der Waals surface area contributed by atoms with Crippen molar-refractivity contribution in [3.63, 3.8) is 0 Å². The fourth-order valence-electron chi connectivity index (χ4n) is 8.04. The van der Waals surface area contributed by atoms with Gasteiger partial charge < -0.3 is 39.9 Å². The van der Waals surface area contributed by atoms with E-state index in [1.807, 2.05) is 0 Å². The van der Waals surface area contributed by atoms with Gasteiger partial charge in [0.1, 0.15) is 43.2 Å². The number of carbonyl (C=O) groups excluding carboxylic acids is 2. The smallest absolute Gasteiger partial charge is 0.462 e. The van der Waals surface area contributed by atoms with E-state index in [1.165, 1.54) is 89.9 Å². The van der Waals surface area contributed by atoms with E-state index in [1.54, 1.807) is 0 Å². The number of carbonyl (C=O) groups is 2. The van der Waals surface area contributed by atoms with Gasteiger partial charge in [0.2, 0.25) is 0 Å². The summed E-state index contributed by atoms with van der Waals surface area (Å²) < 4.78 is 33.7. The fourth-order valence-corrected chi connectivity index (χ4v) is 9.01. The molecule has 1 rings (SSSR count). The standard InChI is InChI=1S/C55H97O13P/c1-3-5-7-9-11-13-15-17-19-21-23-24-26-27-29-31-33-35-37-39-41-43-48(56)65-45-47(46-66-69(63,64)68-55-53(61)51(59)50(58)52(60)54(55)62)67-49(57)44-42-40-38-36-34-32-30-28-25-22-20-18-16-14-12-10-8-6-4-2/h6,8,12,14,18,20-21,23,25,28,47,50-55,58-62H,3-5,7,9-11,13,15-17,19,22,24,26-27,29-46H2,1-2H3,(H,63,64)/b8-6-,14-12-,20-18-,23-21-,28-25-. The molecule has 6 atom stereocenters. The molecule has 1 aliphatic rings. The van der Waals surface area contributed by atoms with Crippen LogP contribution in [-0.4, -0.2) is 98.3 Å². The number of hydrogen-bond acceptors (Lipinski definition) is 12. The van der Waals surface area contributed by atoms with Gasteiger partial charge in [0, 0.05) is 12.8 Å². The van der Waals surface area contributed by atoms with Crippen molar-refractivity contribution in [3.05, 3.63) is 60.8 Å². The summed E-state index contributed by atoms with van der Waals surface area (Å²) >= 11 is 0. The highest BCUT2D eigenvalue weighted by Crippen LogP contribution is 2.47. The Bertz CT molecular complexity index is 1430. The van der Waals surface area contributed by atoms with Crippen molar-refractivity contribution in [2.45, 2.75) is 262 Å². The van der Waals surface area contributed by atoms with Crippen molar-refractivity contribution in [3.8, 4) is 0 Å². The van der Waals surface area contributed by atoms with Gasteiger partial charge in [-0.05, 0) is 77.0 Å². The molecular formula is C55H97O13P. The lowest BCUT2D eigenvalue weighted by Crippen LogP contribution is -2.64. The number of phosphoric acid groups is 1. The van der Waals surface area contributed by atoms with E-state index < -0.39 is 75.7 Å². The predicted octanol–water partition coefficient (Wildman–Crippen LogP) is 12.1. The van der Waals surface area contributed by atoms with Crippen LogP contribution in [0.1, 0.15) is 219 Å². The predicted molar refractivity (Wildman–Crippen MR) is 276 cm³/mol. The largest absolute Gasteiger partial charge is 0.472 e. The molecule has 14 heteroatoms. The van der Waals surface area contributed by atoms with E-state index in [0.717, 1.165) is 89.9 Å². The lowest BCUT2D eigenvalue weighted by Gasteiger charge is -2.41. The van der Waals surface area contributed by atoms with E-state index >= 15 is 0 Å². The molecule has 0 aromatic heterocycles. The molecule has 400 valence electrons. The van der Waals surface area contributed by atoms with Crippen molar-refractivity contribution < 1.29 is 63.1 Å². The lowest BCUT2D eigenvalue weighted by molar-refractivity contribution is -0.220. The van der Waals surface area contributed by atoms with Gasteiger partial charge in [-0.1, -0.05) is 190 Å². The summed E-state index contributed by atoms with van der Waals surface area (Å²) in [6.45, 7) is 3.20. The molecule has 0 radical (unpaired) electrons. The average molecular weight is 997 g/mol. The maximum atomic E-state index is 12.9. The Balaban J connectivity index is 2.38. The van der Waals surface area contributed by atoms with Gasteiger partial charge >= 0.3 is 19.8 Å². The van der Waals surface area contributed by atoms with Crippen LogP contribution in [0.2, 0.25) is 0 Å². The Morgan fingerprint density at radius 3 is 1.28 bits per heavy atom. The Hall–Kier alpha value is -2.45. The molecule has 0 heterocycles. The normalized spacial score (nSPS) is 21.3. The number of allylic oxidation sites excluding steroid dienone is 10. The molecule has 13 nitrogen and oxygen atoms in total. The van der Waals surface area contributed by atoms with Crippen LogP contribution in [0.15, 0.2) is 60.8 Å². The monoisotopic (exact) mass is 997 g/mol. The third kappa shape index (κ3) is 36.2. The van der Waals surface area contributed by atoms with Gasteiger partial charge in [-0.2, -0.15) is 0 Å². The Morgan fingerprint density at radius 2 is 0.826 bits per heavy atom. The maximum Gasteiger partial charge on any atom is 0.472 e. The molecular weight excluding hydrogens is 900 g/mol. The van der Waals surface area contributed by atoms with E-state index in [0.29, 0.717) is 12.8 Å². The summed E-state index contributed by atoms with van der Waals surface area (Å²) in [7, 11) is -5.13. The third-order valence-corrected chi connectivity index (χ3v) is 13.3. The van der Waals surface area contributed by atoms with Gasteiger partial charge in [0.25, 0.3) is 0 Å². The number of ether oxygens (including phenoxy) is 2. The molecule has 1 saturated carbocycles. The molecule has 0 aliphatic heterocycles. The van der Waals surface area contributed by atoms with E-state index in [4.69, 9.17) is 18.5 Å². The fraction of sp³-hybridized carbons (Fsp3) is 0.782. The van der Waals surface area contributed by atoms with Gasteiger partial charge in [0.05, 0.1) is 6.61 Å². The van der Waals surface area contributed by atoms with E-state index in [-0.39, 0.29) is 12.8 Å². The lowest BCUT2D eigenvalue weighted by atomic mass is 9.85. The molecule has 69 heavy (non-hydrogen) atoms. The van der Waals surface area contributed by atoms with Crippen LogP contribution >= 0.6 is 7.82 Å². The van der Waals surface area contributed by atoms with Crippen molar-refractivity contribution in [1.29, 1.82) is 0 Å². The van der Waals surface area contributed by atoms with Crippen molar-refractivity contribution in [2.24, 2.45) is 0 Å². The summed E-state index contributed by atoms with van der Waals surface area (Å²) in [5, 5.41) is 50.3. The molecule has 0 bridgehead atoms. The van der Waals surface area contributed by atoms with Crippen LogP contribution in [-0.2, 0) is 32.7 Å². The quantitative estimate of drug-likeness (QED) is 0.0145. The van der Waals surface area contributed by atoms with Gasteiger partial charge in [0.15, 0.2) is 6.10 Å². The summed E-state index contributed by atoms with van der Waals surface area (Å²) in [6, 6.07) is 0. The maximum absolute atomic E-state index is 12.9. The summed E-state index contributed by atoms with van der Waals surface area (Å²) in [5.74, 6) is -1.12. The molecule has 1 aliphatic carbocycles. The molecule has 0 aromatic carbocycles. The number of esters is 2. The number of rotatable bonds is 45. The molecule has 6 N–H and O–H groups in total. The minimum Gasteiger partial charge on any atom is -0.462 e. The average Bonchev–Trinajstić information content (AvgIpc) is 3.33. The first-order valence-corrected chi connectivity index (χ1v) is 28.6. The van der Waals surface area contributed by atoms with Crippen LogP contribution in [0.25, 0.3) is 0 Å². The first kappa shape index (κ1) is 64.6. The van der Waals surface area contributed by atoms with Crippen LogP contribution in [0.5, 0.6) is 0 Å². The van der Waals surface area contributed by atoms with Crippen LogP contribution < -0.4 is 0 Å². The summed E-state index contributed by atoms with van der Waals surface area (Å²) in [6.07, 6.45) is 42.6. The molecule has 0 amide bonds.